The van der Waals surface area contributed by atoms with Gasteiger partial charge in [0.2, 0.25) is 15.8 Å². The number of halogens is 1. The lowest BCUT2D eigenvalue weighted by molar-refractivity contribution is 0.0318. The van der Waals surface area contributed by atoms with E-state index in [1.807, 2.05) is 0 Å². The Morgan fingerprint density at radius 1 is 0.962 bits per heavy atom. The molecule has 0 bridgehead atoms. The van der Waals surface area contributed by atoms with Crippen LogP contribution in [0.1, 0.15) is 27.6 Å². The van der Waals surface area contributed by atoms with E-state index in [4.69, 9.17) is 16.3 Å². The van der Waals surface area contributed by atoms with Crippen LogP contribution in [0, 0.1) is 0 Å². The van der Waals surface area contributed by atoms with Gasteiger partial charge < -0.3 is 4.74 Å². The van der Waals surface area contributed by atoms with Crippen molar-refractivity contribution >= 4 is 33.4 Å². The number of ketones is 1. The standard InChI is InChI=1S/C18H18ClNO5S/c1-12(17(21)13-4-8-15(19)9-5-13)25-18(22)14-6-10-16(11-7-14)26(23,24)20(2)3/h4-12H,1-3H3. The number of hydrogen-bond acceptors (Lipinski definition) is 5. The highest BCUT2D eigenvalue weighted by Gasteiger charge is 2.22. The van der Waals surface area contributed by atoms with Gasteiger partial charge in [-0.15, -0.1) is 0 Å². The van der Waals surface area contributed by atoms with Gasteiger partial charge in [0.15, 0.2) is 6.10 Å². The number of ether oxygens (including phenoxy) is 1. The van der Waals surface area contributed by atoms with Crippen molar-refractivity contribution in [2.75, 3.05) is 14.1 Å². The third-order valence-corrected chi connectivity index (χ3v) is 5.73. The molecule has 6 nitrogen and oxygen atoms in total. The molecule has 1 unspecified atom stereocenters. The molecule has 0 radical (unpaired) electrons. The number of hydrogen-bond donors (Lipinski definition) is 0. The number of rotatable bonds is 6. The molecule has 0 N–H and O–H groups in total. The molecule has 2 aromatic rings. The van der Waals surface area contributed by atoms with Gasteiger partial charge in [0.25, 0.3) is 0 Å². The maximum atomic E-state index is 12.3. The average Bonchev–Trinajstić information content (AvgIpc) is 2.61. The largest absolute Gasteiger partial charge is 0.451 e. The summed E-state index contributed by atoms with van der Waals surface area (Å²) < 4.78 is 30.3. The lowest BCUT2D eigenvalue weighted by atomic mass is 10.1. The summed E-state index contributed by atoms with van der Waals surface area (Å²) >= 11 is 5.78. The van der Waals surface area contributed by atoms with Crippen LogP contribution in [0.2, 0.25) is 5.02 Å². The molecule has 8 heteroatoms. The predicted octanol–water partition coefficient (Wildman–Crippen LogP) is 3.02. The molecule has 0 fully saturated rings. The number of carbonyl (C=O) groups excluding carboxylic acids is 2. The zero-order valence-corrected chi connectivity index (χ0v) is 16.0. The molecular weight excluding hydrogens is 378 g/mol. The summed E-state index contributed by atoms with van der Waals surface area (Å²) in [5.41, 5.74) is 0.528. The summed E-state index contributed by atoms with van der Waals surface area (Å²) in [5.74, 6) is -1.07. The fourth-order valence-corrected chi connectivity index (χ4v) is 3.13. The molecule has 138 valence electrons. The molecule has 0 spiro atoms. The van der Waals surface area contributed by atoms with Gasteiger partial charge in [0.1, 0.15) is 0 Å². The Morgan fingerprint density at radius 3 is 1.96 bits per heavy atom. The molecule has 26 heavy (non-hydrogen) atoms. The summed E-state index contributed by atoms with van der Waals surface area (Å²) in [5, 5.41) is 0.499. The molecule has 0 aliphatic rings. The SMILES string of the molecule is CC(OC(=O)c1ccc(S(=O)(=O)N(C)C)cc1)C(=O)c1ccc(Cl)cc1. The van der Waals surface area contributed by atoms with Crippen molar-refractivity contribution in [3.8, 4) is 0 Å². The number of esters is 1. The zero-order chi connectivity index (χ0) is 19.5. The maximum Gasteiger partial charge on any atom is 0.338 e. The van der Waals surface area contributed by atoms with Crippen LogP contribution >= 0.6 is 11.6 Å². The van der Waals surface area contributed by atoms with Gasteiger partial charge in [0.05, 0.1) is 10.5 Å². The van der Waals surface area contributed by atoms with Crippen LogP contribution in [-0.2, 0) is 14.8 Å². The molecule has 0 saturated heterocycles. The third kappa shape index (κ3) is 4.49. The van der Waals surface area contributed by atoms with Crippen LogP contribution < -0.4 is 0 Å². The number of nitrogens with zero attached hydrogens (tertiary/aromatic N) is 1. The van der Waals surface area contributed by atoms with Gasteiger partial charge in [0, 0.05) is 24.7 Å². The number of carbonyl (C=O) groups is 2. The molecule has 2 rings (SSSR count). The fourth-order valence-electron chi connectivity index (χ4n) is 2.10. The Morgan fingerprint density at radius 2 is 1.46 bits per heavy atom. The summed E-state index contributed by atoms with van der Waals surface area (Å²) in [7, 11) is -0.743. The topological polar surface area (TPSA) is 80.8 Å². The first kappa shape index (κ1) is 20.1. The van der Waals surface area contributed by atoms with Crippen LogP contribution in [-0.4, -0.2) is 44.7 Å². The van der Waals surface area contributed by atoms with Crippen molar-refractivity contribution in [1.82, 2.24) is 4.31 Å². The van der Waals surface area contributed by atoms with Crippen molar-refractivity contribution in [3.05, 3.63) is 64.7 Å². The second-order valence-electron chi connectivity index (χ2n) is 5.73. The second-order valence-corrected chi connectivity index (χ2v) is 8.32. The van der Waals surface area contributed by atoms with Gasteiger partial charge in [-0.2, -0.15) is 0 Å². The first-order chi connectivity index (χ1) is 12.1. The number of sulfonamides is 1. The van der Waals surface area contributed by atoms with Crippen molar-refractivity contribution in [3.63, 3.8) is 0 Å². The number of benzene rings is 2. The van der Waals surface area contributed by atoms with E-state index < -0.39 is 22.1 Å². The van der Waals surface area contributed by atoms with Crippen molar-refractivity contribution in [2.24, 2.45) is 0 Å². The average molecular weight is 396 g/mol. The van der Waals surface area contributed by atoms with E-state index in [1.165, 1.54) is 45.3 Å². The Labute approximate surface area is 157 Å². The van der Waals surface area contributed by atoms with Gasteiger partial charge in [-0.25, -0.2) is 17.5 Å². The van der Waals surface area contributed by atoms with Crippen LogP contribution in [0.4, 0.5) is 0 Å². The first-order valence-electron chi connectivity index (χ1n) is 7.66. The maximum absolute atomic E-state index is 12.3. The summed E-state index contributed by atoms with van der Waals surface area (Å²) in [4.78, 5) is 24.5. The second kappa shape index (κ2) is 7.99. The lowest BCUT2D eigenvalue weighted by Crippen LogP contribution is -2.24. The molecule has 0 saturated carbocycles. The van der Waals surface area contributed by atoms with Gasteiger partial charge in [-0.1, -0.05) is 11.6 Å². The Bertz CT molecular complexity index is 906. The predicted molar refractivity (Wildman–Crippen MR) is 98.0 cm³/mol. The molecule has 0 heterocycles. The summed E-state index contributed by atoms with van der Waals surface area (Å²) in [6.45, 7) is 1.47. The van der Waals surface area contributed by atoms with Crippen LogP contribution in [0.5, 0.6) is 0 Å². The van der Waals surface area contributed by atoms with E-state index in [0.29, 0.717) is 10.6 Å². The highest BCUT2D eigenvalue weighted by molar-refractivity contribution is 7.89. The van der Waals surface area contributed by atoms with E-state index >= 15 is 0 Å². The smallest absolute Gasteiger partial charge is 0.338 e. The van der Waals surface area contributed by atoms with Crippen LogP contribution in [0.15, 0.2) is 53.4 Å². The van der Waals surface area contributed by atoms with Gasteiger partial charge in [-0.3, -0.25) is 4.79 Å². The normalized spacial score (nSPS) is 12.7. The highest BCUT2D eigenvalue weighted by atomic mass is 35.5. The lowest BCUT2D eigenvalue weighted by Gasteiger charge is -2.14. The Balaban J connectivity index is 2.09. The first-order valence-corrected chi connectivity index (χ1v) is 9.48. The zero-order valence-electron chi connectivity index (χ0n) is 14.5. The molecular formula is C18H18ClNO5S. The Hall–Kier alpha value is -2.22. The van der Waals surface area contributed by atoms with E-state index in [1.54, 1.807) is 24.3 Å². The Kier molecular flexibility index (Phi) is 6.17. The number of Topliss-reactive ketones (excluding diaryl/α,β-unsaturated/α-hetero) is 1. The quantitative estimate of drug-likeness (QED) is 0.554. The molecule has 0 amide bonds. The third-order valence-electron chi connectivity index (χ3n) is 3.65. The van der Waals surface area contributed by atoms with E-state index in [9.17, 15) is 18.0 Å². The molecule has 0 aliphatic carbocycles. The van der Waals surface area contributed by atoms with E-state index in [0.717, 1.165) is 4.31 Å². The highest BCUT2D eigenvalue weighted by Crippen LogP contribution is 2.16. The van der Waals surface area contributed by atoms with Gasteiger partial charge in [-0.05, 0) is 55.5 Å². The molecule has 2 aromatic carbocycles. The van der Waals surface area contributed by atoms with E-state index in [2.05, 4.69) is 0 Å². The molecule has 1 atom stereocenters. The minimum absolute atomic E-state index is 0.0596. The molecule has 0 aliphatic heterocycles. The van der Waals surface area contributed by atoms with Crippen molar-refractivity contribution < 1.29 is 22.7 Å². The van der Waals surface area contributed by atoms with Crippen molar-refractivity contribution in [2.45, 2.75) is 17.9 Å². The van der Waals surface area contributed by atoms with E-state index in [-0.39, 0.29) is 16.2 Å². The van der Waals surface area contributed by atoms with Gasteiger partial charge >= 0.3 is 5.97 Å². The monoisotopic (exact) mass is 395 g/mol. The van der Waals surface area contributed by atoms with Crippen molar-refractivity contribution in [1.29, 1.82) is 0 Å². The van der Waals surface area contributed by atoms with Crippen LogP contribution in [0.25, 0.3) is 0 Å². The minimum atomic E-state index is -3.58. The minimum Gasteiger partial charge on any atom is -0.451 e. The van der Waals surface area contributed by atoms with Crippen LogP contribution in [0.3, 0.4) is 0 Å². The molecule has 0 aromatic heterocycles. The fraction of sp³-hybridized carbons (Fsp3) is 0.222. The summed E-state index contributed by atoms with van der Waals surface area (Å²) in [6, 6.07) is 11.6. The summed E-state index contributed by atoms with van der Waals surface area (Å²) in [6.07, 6.45) is -0.992.